The summed E-state index contributed by atoms with van der Waals surface area (Å²) in [5.74, 6) is 2.44. The molecule has 1 nitrogen and oxygen atoms in total. The van der Waals surface area contributed by atoms with E-state index in [1.54, 1.807) is 5.57 Å². The fraction of sp³-hybridized carbons (Fsp3) is 0.417. The minimum Gasteiger partial charge on any atom is -0.337 e. The first-order valence-electron chi connectivity index (χ1n) is 10.1. The molecule has 1 aliphatic heterocycles. The number of halogens is 2. The Balaban J connectivity index is 1.64. The highest BCUT2D eigenvalue weighted by molar-refractivity contribution is 14.1. The zero-order valence-corrected chi connectivity index (χ0v) is 19.0. The molecule has 0 radical (unpaired) electrons. The average Bonchev–Trinajstić information content (AvgIpc) is 2.68. The summed E-state index contributed by atoms with van der Waals surface area (Å²) in [6, 6.07) is 15.1. The van der Waals surface area contributed by atoms with Gasteiger partial charge in [-0.25, -0.2) is 0 Å². The van der Waals surface area contributed by atoms with Gasteiger partial charge in [-0.3, -0.25) is 0 Å². The van der Waals surface area contributed by atoms with Gasteiger partial charge in [-0.2, -0.15) is 0 Å². The maximum absolute atomic E-state index is 6.10. The summed E-state index contributed by atoms with van der Waals surface area (Å²) in [6.45, 7) is 5.70. The van der Waals surface area contributed by atoms with E-state index in [2.05, 4.69) is 77.7 Å². The summed E-state index contributed by atoms with van der Waals surface area (Å²) in [7, 11) is 0. The van der Waals surface area contributed by atoms with E-state index in [1.165, 1.54) is 46.2 Å². The Morgan fingerprint density at radius 1 is 1.00 bits per heavy atom. The van der Waals surface area contributed by atoms with Gasteiger partial charge in [-0.05, 0) is 114 Å². The van der Waals surface area contributed by atoms with Gasteiger partial charge in [0.1, 0.15) is 0 Å². The van der Waals surface area contributed by atoms with Crippen molar-refractivity contribution < 1.29 is 0 Å². The molecular weight excluding hydrogens is 465 g/mol. The smallest absolute Gasteiger partial charge is 0.0490 e. The van der Waals surface area contributed by atoms with Crippen LogP contribution < -0.4 is 4.90 Å². The molecule has 2 aromatic carbocycles. The van der Waals surface area contributed by atoms with Crippen molar-refractivity contribution in [1.82, 2.24) is 0 Å². The highest BCUT2D eigenvalue weighted by Crippen LogP contribution is 2.45. The Morgan fingerprint density at radius 3 is 2.37 bits per heavy atom. The molecule has 27 heavy (non-hydrogen) atoms. The maximum atomic E-state index is 6.10. The predicted molar refractivity (Wildman–Crippen MR) is 126 cm³/mol. The maximum Gasteiger partial charge on any atom is 0.0490 e. The molecule has 1 saturated carbocycles. The lowest BCUT2D eigenvalue weighted by Gasteiger charge is -2.37. The Bertz CT molecular complexity index is 832. The number of rotatable bonds is 3. The van der Waals surface area contributed by atoms with Crippen LogP contribution in [0.25, 0.3) is 5.57 Å². The number of hydrogen-bond donors (Lipinski definition) is 0. The minimum atomic E-state index is 0.712. The molecule has 0 unspecified atom stereocenters. The van der Waals surface area contributed by atoms with Gasteiger partial charge in [0, 0.05) is 32.1 Å². The quantitative estimate of drug-likeness (QED) is 0.394. The third kappa shape index (κ3) is 4.07. The molecule has 4 rings (SSSR count). The van der Waals surface area contributed by atoms with Crippen molar-refractivity contribution in [1.29, 1.82) is 0 Å². The van der Waals surface area contributed by atoms with Crippen LogP contribution in [0, 0.1) is 21.3 Å². The zero-order chi connectivity index (χ0) is 19.0. The number of allylic oxidation sites excluding steroid dienone is 1. The lowest BCUT2D eigenvalue weighted by atomic mass is 9.72. The molecule has 2 aromatic rings. The van der Waals surface area contributed by atoms with Gasteiger partial charge in [0.25, 0.3) is 0 Å². The summed E-state index contributed by atoms with van der Waals surface area (Å²) in [5.41, 5.74) is 5.55. The average molecular weight is 492 g/mol. The second-order valence-electron chi connectivity index (χ2n) is 8.26. The SMILES string of the molecule is CC(C)C1CCC(C2=CCN(c3ccc(Cl)cc3)c3ccc(I)cc32)CC1. The summed E-state index contributed by atoms with van der Waals surface area (Å²) < 4.78 is 1.31. The Kier molecular flexibility index (Phi) is 5.84. The van der Waals surface area contributed by atoms with Crippen molar-refractivity contribution >= 4 is 51.1 Å². The molecule has 142 valence electrons. The summed E-state index contributed by atoms with van der Waals surface area (Å²) >= 11 is 8.54. The van der Waals surface area contributed by atoms with Crippen LogP contribution >= 0.6 is 34.2 Å². The Labute approximate surface area is 181 Å². The van der Waals surface area contributed by atoms with E-state index in [4.69, 9.17) is 11.6 Å². The fourth-order valence-corrected chi connectivity index (χ4v) is 5.34. The van der Waals surface area contributed by atoms with Crippen LogP contribution in [0.4, 0.5) is 11.4 Å². The molecule has 1 fully saturated rings. The molecule has 0 amide bonds. The molecule has 1 aliphatic carbocycles. The lowest BCUT2D eigenvalue weighted by Crippen LogP contribution is -2.26. The molecular formula is C24H27ClIN. The first kappa shape index (κ1) is 19.3. The number of benzene rings is 2. The van der Waals surface area contributed by atoms with E-state index >= 15 is 0 Å². The van der Waals surface area contributed by atoms with Crippen LogP contribution in [0.3, 0.4) is 0 Å². The van der Waals surface area contributed by atoms with E-state index in [9.17, 15) is 0 Å². The highest BCUT2D eigenvalue weighted by atomic mass is 127. The van der Waals surface area contributed by atoms with Gasteiger partial charge in [0.15, 0.2) is 0 Å². The lowest BCUT2D eigenvalue weighted by molar-refractivity contribution is 0.252. The molecule has 1 heterocycles. The predicted octanol–water partition coefficient (Wildman–Crippen LogP) is 7.94. The third-order valence-electron chi connectivity index (χ3n) is 6.35. The standard InChI is InChI=1S/C24H27ClIN/c1-16(2)17-3-5-18(6-4-17)22-13-14-27(21-10-7-19(25)8-11-21)24-12-9-20(26)15-23(22)24/h7-13,15-18H,3-6,14H2,1-2H3. The van der Waals surface area contributed by atoms with Crippen molar-refractivity contribution in [2.24, 2.45) is 17.8 Å². The molecule has 0 N–H and O–H groups in total. The second kappa shape index (κ2) is 8.16. The largest absolute Gasteiger partial charge is 0.337 e. The topological polar surface area (TPSA) is 3.24 Å². The van der Waals surface area contributed by atoms with Crippen LogP contribution in [0.5, 0.6) is 0 Å². The summed E-state index contributed by atoms with van der Waals surface area (Å²) in [4.78, 5) is 2.41. The summed E-state index contributed by atoms with van der Waals surface area (Å²) in [5, 5.41) is 0.789. The number of hydrogen-bond acceptors (Lipinski definition) is 1. The third-order valence-corrected chi connectivity index (χ3v) is 7.27. The molecule has 0 atom stereocenters. The van der Waals surface area contributed by atoms with Crippen LogP contribution in [0.1, 0.15) is 45.1 Å². The zero-order valence-electron chi connectivity index (χ0n) is 16.1. The van der Waals surface area contributed by atoms with Crippen LogP contribution in [0.2, 0.25) is 5.02 Å². The van der Waals surface area contributed by atoms with Crippen molar-refractivity contribution in [3.05, 3.63) is 62.7 Å². The van der Waals surface area contributed by atoms with Crippen molar-refractivity contribution in [3.63, 3.8) is 0 Å². The molecule has 2 aliphatic rings. The van der Waals surface area contributed by atoms with Gasteiger partial charge in [-0.1, -0.05) is 31.5 Å². The van der Waals surface area contributed by atoms with Crippen molar-refractivity contribution in [2.75, 3.05) is 11.4 Å². The minimum absolute atomic E-state index is 0.712. The normalized spacial score (nSPS) is 22.6. The molecule has 0 spiro atoms. The van der Waals surface area contributed by atoms with Gasteiger partial charge >= 0.3 is 0 Å². The first-order valence-corrected chi connectivity index (χ1v) is 11.5. The molecule has 0 saturated heterocycles. The van der Waals surface area contributed by atoms with Gasteiger partial charge in [-0.15, -0.1) is 0 Å². The molecule has 0 bridgehead atoms. The second-order valence-corrected chi connectivity index (χ2v) is 9.95. The van der Waals surface area contributed by atoms with E-state index in [0.29, 0.717) is 5.92 Å². The van der Waals surface area contributed by atoms with E-state index in [0.717, 1.165) is 23.4 Å². The van der Waals surface area contributed by atoms with Gasteiger partial charge < -0.3 is 4.90 Å². The van der Waals surface area contributed by atoms with Gasteiger partial charge in [0.2, 0.25) is 0 Å². The van der Waals surface area contributed by atoms with E-state index in [-0.39, 0.29) is 0 Å². The highest BCUT2D eigenvalue weighted by Gasteiger charge is 2.29. The van der Waals surface area contributed by atoms with Crippen molar-refractivity contribution in [3.8, 4) is 0 Å². The van der Waals surface area contributed by atoms with Crippen molar-refractivity contribution in [2.45, 2.75) is 39.5 Å². The van der Waals surface area contributed by atoms with E-state index < -0.39 is 0 Å². The number of anilines is 2. The van der Waals surface area contributed by atoms with Crippen LogP contribution in [0.15, 0.2) is 48.5 Å². The monoisotopic (exact) mass is 491 g/mol. The van der Waals surface area contributed by atoms with Gasteiger partial charge in [0.05, 0.1) is 0 Å². The summed E-state index contributed by atoms with van der Waals surface area (Å²) in [6.07, 6.45) is 7.90. The number of fused-ring (bicyclic) bond motifs is 1. The van der Waals surface area contributed by atoms with Crippen LogP contribution in [-0.4, -0.2) is 6.54 Å². The molecule has 3 heteroatoms. The van der Waals surface area contributed by atoms with E-state index in [1.807, 2.05) is 12.1 Å². The number of nitrogens with zero attached hydrogens (tertiary/aromatic N) is 1. The fourth-order valence-electron chi connectivity index (χ4n) is 4.72. The van der Waals surface area contributed by atoms with Crippen LogP contribution in [-0.2, 0) is 0 Å². The Hall–Kier alpha value is -1.000. The Morgan fingerprint density at radius 2 is 1.70 bits per heavy atom. The molecule has 0 aromatic heterocycles. The first-order chi connectivity index (χ1) is 13.0.